The fourth-order valence-corrected chi connectivity index (χ4v) is 3.40. The van der Waals surface area contributed by atoms with Crippen LogP contribution < -0.4 is 11.4 Å². The number of nitrogens with two attached hydrogens (primary N) is 1. The lowest BCUT2D eigenvalue weighted by atomic mass is 9.84. The second-order valence-electron chi connectivity index (χ2n) is 6.67. The molecule has 0 aliphatic heterocycles. The highest BCUT2D eigenvalue weighted by atomic mass is 16.5. The van der Waals surface area contributed by atoms with Gasteiger partial charge in [0.05, 0.1) is 22.7 Å². The molecular formula is C25H21N3O2. The van der Waals surface area contributed by atoms with Gasteiger partial charge in [-0.3, -0.25) is 0 Å². The third kappa shape index (κ3) is 4.29. The minimum absolute atomic E-state index is 0.0185. The van der Waals surface area contributed by atoms with Gasteiger partial charge in [0.25, 0.3) is 0 Å². The van der Waals surface area contributed by atoms with E-state index in [1.807, 2.05) is 61.5 Å². The van der Waals surface area contributed by atoms with Crippen LogP contribution in [0.2, 0.25) is 0 Å². The molecule has 0 bridgehead atoms. The van der Waals surface area contributed by atoms with Crippen molar-refractivity contribution in [1.82, 2.24) is 5.16 Å². The first-order chi connectivity index (χ1) is 14.6. The Bertz CT molecular complexity index is 1250. The molecule has 4 aromatic rings. The first-order valence-corrected chi connectivity index (χ1v) is 9.37. The van der Waals surface area contributed by atoms with Gasteiger partial charge >= 0.3 is 5.63 Å². The molecule has 2 N–H and O–H groups in total. The van der Waals surface area contributed by atoms with Gasteiger partial charge < -0.3 is 10.3 Å². The van der Waals surface area contributed by atoms with E-state index in [0.717, 1.165) is 22.1 Å². The predicted molar refractivity (Wildman–Crippen MR) is 118 cm³/mol. The summed E-state index contributed by atoms with van der Waals surface area (Å²) in [7, 11) is 0. The van der Waals surface area contributed by atoms with Crippen molar-refractivity contribution in [2.24, 2.45) is 5.73 Å². The highest BCUT2D eigenvalue weighted by Crippen LogP contribution is 2.33. The van der Waals surface area contributed by atoms with E-state index < -0.39 is 5.63 Å². The molecule has 148 valence electrons. The van der Waals surface area contributed by atoms with Gasteiger partial charge in [0, 0.05) is 11.3 Å². The fraction of sp³-hybridized carbons (Fsp3) is 0.0800. The number of hydrogen-bond donors (Lipinski definition) is 1. The van der Waals surface area contributed by atoms with Gasteiger partial charge in [-0.2, -0.15) is 5.26 Å². The molecule has 0 spiro atoms. The highest BCUT2D eigenvalue weighted by Gasteiger charge is 2.18. The van der Waals surface area contributed by atoms with Gasteiger partial charge in [-0.25, -0.2) is 4.79 Å². The zero-order chi connectivity index (χ0) is 21.5. The van der Waals surface area contributed by atoms with Crippen LogP contribution >= 0.6 is 0 Å². The smallest absolute Gasteiger partial charge is 0.366 e. The Morgan fingerprint density at radius 3 is 2.23 bits per heavy atom. The molecule has 1 unspecified atom stereocenters. The van der Waals surface area contributed by atoms with E-state index in [1.54, 1.807) is 6.07 Å². The van der Waals surface area contributed by atoms with Crippen molar-refractivity contribution in [3.05, 3.63) is 124 Å². The standard InChI is InChI=1S/C23H16N2O2.C2H5N/c1-15-21-13-19(11-12-20(21)23(26)27-25-15)22(17-5-3-2-4-6-17)18-9-7-16(14-24)8-10-18;1-2-3/h2-13,22H,1H3;2H,1,3H2. The Balaban J connectivity index is 0.000000806. The summed E-state index contributed by atoms with van der Waals surface area (Å²) < 4.78 is 4.83. The minimum atomic E-state index is -0.434. The third-order valence-corrected chi connectivity index (χ3v) is 4.76. The molecule has 0 saturated heterocycles. The molecule has 0 fully saturated rings. The molecule has 4 rings (SSSR count). The van der Waals surface area contributed by atoms with Crippen molar-refractivity contribution in [2.45, 2.75) is 12.8 Å². The molecule has 5 nitrogen and oxygen atoms in total. The first kappa shape index (κ1) is 20.6. The van der Waals surface area contributed by atoms with Gasteiger partial charge in [-0.15, -0.1) is 0 Å². The topological polar surface area (TPSA) is 92.9 Å². The third-order valence-electron chi connectivity index (χ3n) is 4.76. The summed E-state index contributed by atoms with van der Waals surface area (Å²) in [5.41, 5.74) is 8.74. The maximum Gasteiger partial charge on any atom is 0.366 e. The summed E-state index contributed by atoms with van der Waals surface area (Å²) in [6, 6.07) is 25.7. The molecule has 0 amide bonds. The SMILES string of the molecule is C=CN.Cc1noc(=O)c2ccc(C(c3ccccc3)c3ccc(C#N)cc3)cc12. The van der Waals surface area contributed by atoms with Crippen LogP contribution in [-0.2, 0) is 0 Å². The van der Waals surface area contributed by atoms with E-state index in [1.165, 1.54) is 6.20 Å². The number of fused-ring (bicyclic) bond motifs is 1. The van der Waals surface area contributed by atoms with Crippen LogP contribution in [0.4, 0.5) is 0 Å². The average Bonchev–Trinajstić information content (AvgIpc) is 2.78. The fourth-order valence-electron chi connectivity index (χ4n) is 3.40. The first-order valence-electron chi connectivity index (χ1n) is 9.37. The van der Waals surface area contributed by atoms with Crippen molar-refractivity contribution in [3.63, 3.8) is 0 Å². The molecule has 1 atom stereocenters. The molecule has 0 saturated carbocycles. The second kappa shape index (κ2) is 9.35. The molecule has 30 heavy (non-hydrogen) atoms. The Kier molecular flexibility index (Phi) is 6.41. The maximum atomic E-state index is 12.0. The second-order valence-corrected chi connectivity index (χ2v) is 6.67. The van der Waals surface area contributed by atoms with E-state index in [-0.39, 0.29) is 5.92 Å². The van der Waals surface area contributed by atoms with E-state index in [2.05, 4.69) is 35.7 Å². The van der Waals surface area contributed by atoms with Crippen molar-refractivity contribution >= 4 is 10.8 Å². The van der Waals surface area contributed by atoms with Crippen molar-refractivity contribution in [3.8, 4) is 6.07 Å². The molecule has 3 aromatic carbocycles. The summed E-state index contributed by atoms with van der Waals surface area (Å²) in [6.45, 7) is 4.97. The van der Waals surface area contributed by atoms with E-state index in [9.17, 15) is 4.79 Å². The molecule has 1 aromatic heterocycles. The Hall–Kier alpha value is -4.17. The van der Waals surface area contributed by atoms with Crippen LogP contribution in [0.15, 0.2) is 94.9 Å². The maximum absolute atomic E-state index is 12.0. The number of rotatable bonds is 3. The van der Waals surface area contributed by atoms with Crippen molar-refractivity contribution in [2.75, 3.05) is 0 Å². The number of aromatic nitrogens is 1. The molecular weight excluding hydrogens is 374 g/mol. The Morgan fingerprint density at radius 2 is 1.60 bits per heavy atom. The lowest BCUT2D eigenvalue weighted by molar-refractivity contribution is 0.371. The predicted octanol–water partition coefficient (Wildman–Crippen LogP) is 4.64. The number of nitrogens with zero attached hydrogens (tertiary/aromatic N) is 2. The van der Waals surface area contributed by atoms with E-state index in [0.29, 0.717) is 16.6 Å². The lowest BCUT2D eigenvalue weighted by Gasteiger charge is -2.19. The zero-order valence-corrected chi connectivity index (χ0v) is 16.6. The summed E-state index contributed by atoms with van der Waals surface area (Å²) in [5, 5.41) is 14.2. The summed E-state index contributed by atoms with van der Waals surface area (Å²) in [6.07, 6.45) is 1.25. The van der Waals surface area contributed by atoms with E-state index >= 15 is 0 Å². The van der Waals surface area contributed by atoms with Gasteiger partial charge in [-0.1, -0.05) is 60.3 Å². The molecule has 0 aliphatic carbocycles. The number of hydrogen-bond acceptors (Lipinski definition) is 5. The van der Waals surface area contributed by atoms with Crippen LogP contribution in [0, 0.1) is 18.3 Å². The van der Waals surface area contributed by atoms with Crippen LogP contribution in [0.25, 0.3) is 10.8 Å². The van der Waals surface area contributed by atoms with Crippen molar-refractivity contribution < 1.29 is 4.52 Å². The van der Waals surface area contributed by atoms with Gasteiger partial charge in [0.2, 0.25) is 0 Å². The summed E-state index contributed by atoms with van der Waals surface area (Å²) in [4.78, 5) is 12.0. The molecule has 5 heteroatoms. The van der Waals surface area contributed by atoms with Gasteiger partial charge in [0.1, 0.15) is 0 Å². The minimum Gasteiger partial charge on any atom is -0.405 e. The van der Waals surface area contributed by atoms with Crippen LogP contribution in [-0.4, -0.2) is 5.16 Å². The van der Waals surface area contributed by atoms with Crippen molar-refractivity contribution in [1.29, 1.82) is 5.26 Å². The van der Waals surface area contributed by atoms with Gasteiger partial charge in [-0.05, 0) is 54.1 Å². The summed E-state index contributed by atoms with van der Waals surface area (Å²) in [5.74, 6) is -0.0185. The number of aryl methyl sites for hydroxylation is 1. The van der Waals surface area contributed by atoms with Gasteiger partial charge in [0.15, 0.2) is 0 Å². The largest absolute Gasteiger partial charge is 0.405 e. The molecule has 0 aliphatic rings. The Labute approximate surface area is 174 Å². The summed E-state index contributed by atoms with van der Waals surface area (Å²) >= 11 is 0. The normalized spacial score (nSPS) is 11.1. The molecule has 0 radical (unpaired) electrons. The Morgan fingerprint density at radius 1 is 1.00 bits per heavy atom. The monoisotopic (exact) mass is 395 g/mol. The number of nitriles is 1. The lowest BCUT2D eigenvalue weighted by Crippen LogP contribution is -2.07. The molecule has 1 heterocycles. The number of benzene rings is 3. The van der Waals surface area contributed by atoms with Crippen LogP contribution in [0.1, 0.15) is 33.9 Å². The average molecular weight is 395 g/mol. The van der Waals surface area contributed by atoms with E-state index in [4.69, 9.17) is 9.78 Å². The van der Waals surface area contributed by atoms with Crippen LogP contribution in [0.3, 0.4) is 0 Å². The quantitative estimate of drug-likeness (QED) is 0.510. The highest BCUT2D eigenvalue weighted by molar-refractivity contribution is 5.84. The zero-order valence-electron chi connectivity index (χ0n) is 16.6. The van der Waals surface area contributed by atoms with Crippen LogP contribution in [0.5, 0.6) is 0 Å².